The summed E-state index contributed by atoms with van der Waals surface area (Å²) in [6, 6.07) is 1.23. The zero-order chi connectivity index (χ0) is 13.8. The molecule has 0 bridgehead atoms. The van der Waals surface area contributed by atoms with E-state index in [1.54, 1.807) is 12.3 Å². The summed E-state index contributed by atoms with van der Waals surface area (Å²) >= 11 is 1.20. The van der Waals surface area contributed by atoms with Crippen LogP contribution in [0.5, 0.6) is 0 Å². The van der Waals surface area contributed by atoms with Crippen LogP contribution >= 0.6 is 11.3 Å². The Morgan fingerprint density at radius 2 is 2.32 bits per heavy atom. The number of hydrogen-bond donors (Lipinski definition) is 1. The highest BCUT2D eigenvalue weighted by atomic mass is 32.1. The number of carbonyl (C=O) groups is 1. The average molecular weight is 281 g/mol. The molecule has 0 aliphatic heterocycles. The van der Waals surface area contributed by atoms with Gasteiger partial charge in [-0.05, 0) is 6.92 Å². The van der Waals surface area contributed by atoms with Crippen molar-refractivity contribution in [2.45, 2.75) is 13.3 Å². The highest BCUT2D eigenvalue weighted by Crippen LogP contribution is 2.13. The van der Waals surface area contributed by atoms with E-state index in [2.05, 4.69) is 9.97 Å². The lowest BCUT2D eigenvalue weighted by Gasteiger charge is -1.99. The summed E-state index contributed by atoms with van der Waals surface area (Å²) in [5.41, 5.74) is -0.509. The number of nitrogens with one attached hydrogen (secondary N) is 1. The molecule has 2 heterocycles. The van der Waals surface area contributed by atoms with Gasteiger partial charge in [0.1, 0.15) is 0 Å². The Kier molecular flexibility index (Phi) is 3.91. The van der Waals surface area contributed by atoms with E-state index < -0.39 is 11.2 Å². The standard InChI is InChI=1S/C11H11N3O4S/c1-2-18-9(16)5-7-6-19-11(12-7)14-4-3-8(15)13-10(14)17/h3-4,6H,2,5H2,1H3,(H,13,15,17). The summed E-state index contributed by atoms with van der Waals surface area (Å²) in [6.45, 7) is 2.04. The minimum atomic E-state index is -0.565. The third-order valence-corrected chi connectivity index (χ3v) is 3.09. The molecule has 0 amide bonds. The minimum Gasteiger partial charge on any atom is -0.466 e. The van der Waals surface area contributed by atoms with Crippen LogP contribution in [-0.2, 0) is 16.0 Å². The molecule has 0 atom stereocenters. The van der Waals surface area contributed by atoms with Crippen LogP contribution in [0.2, 0.25) is 0 Å². The molecule has 0 aliphatic carbocycles. The van der Waals surface area contributed by atoms with Gasteiger partial charge in [-0.15, -0.1) is 11.3 Å². The van der Waals surface area contributed by atoms with Gasteiger partial charge in [0, 0.05) is 17.6 Å². The molecule has 0 saturated heterocycles. The van der Waals surface area contributed by atoms with E-state index in [-0.39, 0.29) is 12.4 Å². The summed E-state index contributed by atoms with van der Waals surface area (Å²) in [6.07, 6.45) is 1.40. The van der Waals surface area contributed by atoms with Gasteiger partial charge in [-0.1, -0.05) is 0 Å². The Balaban J connectivity index is 2.23. The second-order valence-electron chi connectivity index (χ2n) is 3.58. The quantitative estimate of drug-likeness (QED) is 0.801. The molecule has 0 aliphatic rings. The van der Waals surface area contributed by atoms with Crippen LogP contribution in [0.15, 0.2) is 27.2 Å². The average Bonchev–Trinajstić information content (AvgIpc) is 2.77. The van der Waals surface area contributed by atoms with Crippen molar-refractivity contribution in [2.75, 3.05) is 6.61 Å². The maximum Gasteiger partial charge on any atom is 0.334 e. The second-order valence-corrected chi connectivity index (χ2v) is 4.42. The van der Waals surface area contributed by atoms with Crippen molar-refractivity contribution in [1.82, 2.24) is 14.5 Å². The highest BCUT2D eigenvalue weighted by Gasteiger charge is 2.10. The molecule has 8 heteroatoms. The first-order valence-corrected chi connectivity index (χ1v) is 6.40. The molecule has 2 aromatic heterocycles. The Morgan fingerprint density at radius 1 is 1.53 bits per heavy atom. The topological polar surface area (TPSA) is 94.0 Å². The van der Waals surface area contributed by atoms with E-state index in [0.29, 0.717) is 17.4 Å². The number of rotatable bonds is 4. The predicted molar refractivity (Wildman–Crippen MR) is 68.7 cm³/mol. The number of hydrogen-bond acceptors (Lipinski definition) is 6. The van der Waals surface area contributed by atoms with Crippen molar-refractivity contribution in [3.63, 3.8) is 0 Å². The van der Waals surface area contributed by atoms with Crippen LogP contribution in [0.1, 0.15) is 12.6 Å². The molecular formula is C11H11N3O4S. The summed E-state index contributed by atoms with van der Waals surface area (Å²) in [7, 11) is 0. The number of carbonyl (C=O) groups excluding carboxylic acids is 1. The van der Waals surface area contributed by atoms with Crippen LogP contribution in [-0.4, -0.2) is 27.1 Å². The molecule has 7 nitrogen and oxygen atoms in total. The highest BCUT2D eigenvalue weighted by molar-refractivity contribution is 7.12. The van der Waals surface area contributed by atoms with Crippen LogP contribution in [0.3, 0.4) is 0 Å². The fourth-order valence-corrected chi connectivity index (χ4v) is 2.22. The number of thiazole rings is 1. The van der Waals surface area contributed by atoms with Crippen LogP contribution < -0.4 is 11.2 Å². The summed E-state index contributed by atoms with van der Waals surface area (Å²) in [5.74, 6) is -0.367. The summed E-state index contributed by atoms with van der Waals surface area (Å²) in [4.78, 5) is 40.1. The molecule has 0 spiro atoms. The lowest BCUT2D eigenvalue weighted by Crippen LogP contribution is -2.27. The van der Waals surface area contributed by atoms with Crippen molar-refractivity contribution >= 4 is 17.3 Å². The first-order valence-electron chi connectivity index (χ1n) is 5.52. The predicted octanol–water partition coefficient (Wildman–Crippen LogP) is 0.0879. The molecule has 1 N–H and O–H groups in total. The zero-order valence-electron chi connectivity index (χ0n) is 10.1. The molecule has 19 heavy (non-hydrogen) atoms. The number of esters is 1. The molecule has 100 valence electrons. The molecule has 2 aromatic rings. The van der Waals surface area contributed by atoms with Crippen LogP contribution in [0.4, 0.5) is 0 Å². The largest absolute Gasteiger partial charge is 0.466 e. The smallest absolute Gasteiger partial charge is 0.334 e. The third-order valence-electron chi connectivity index (χ3n) is 2.20. The number of aromatic nitrogens is 3. The SMILES string of the molecule is CCOC(=O)Cc1csc(-n2ccc(=O)[nH]c2=O)n1. The number of aromatic amines is 1. The van der Waals surface area contributed by atoms with Gasteiger partial charge in [-0.2, -0.15) is 0 Å². The number of H-pyrrole nitrogens is 1. The maximum absolute atomic E-state index is 11.6. The summed E-state index contributed by atoms with van der Waals surface area (Å²) in [5, 5.41) is 2.06. The van der Waals surface area contributed by atoms with Gasteiger partial charge in [-0.3, -0.25) is 14.6 Å². The fraction of sp³-hybridized carbons (Fsp3) is 0.273. The van der Waals surface area contributed by atoms with Crippen molar-refractivity contribution in [2.24, 2.45) is 0 Å². The molecule has 0 unspecified atom stereocenters. The molecule has 0 aromatic carbocycles. The van der Waals surface area contributed by atoms with Crippen molar-refractivity contribution < 1.29 is 9.53 Å². The lowest BCUT2D eigenvalue weighted by atomic mass is 10.3. The normalized spacial score (nSPS) is 10.4. The number of nitrogens with zero attached hydrogens (tertiary/aromatic N) is 2. The van der Waals surface area contributed by atoms with E-state index >= 15 is 0 Å². The zero-order valence-corrected chi connectivity index (χ0v) is 10.9. The Bertz CT molecular complexity index is 700. The van der Waals surface area contributed by atoms with Gasteiger partial charge >= 0.3 is 11.7 Å². The van der Waals surface area contributed by atoms with Gasteiger partial charge in [-0.25, -0.2) is 14.3 Å². The van der Waals surface area contributed by atoms with E-state index in [1.807, 2.05) is 0 Å². The van der Waals surface area contributed by atoms with Gasteiger partial charge in [0.05, 0.1) is 18.7 Å². The monoisotopic (exact) mass is 281 g/mol. The van der Waals surface area contributed by atoms with Gasteiger partial charge in [0.25, 0.3) is 5.56 Å². The van der Waals surface area contributed by atoms with Crippen LogP contribution in [0, 0.1) is 0 Å². The Hall–Kier alpha value is -2.22. The maximum atomic E-state index is 11.6. The summed E-state index contributed by atoms with van der Waals surface area (Å²) < 4.78 is 6.02. The Morgan fingerprint density at radius 3 is 3.00 bits per heavy atom. The van der Waals surface area contributed by atoms with E-state index in [9.17, 15) is 14.4 Å². The van der Waals surface area contributed by atoms with Crippen molar-refractivity contribution in [3.05, 3.63) is 44.2 Å². The lowest BCUT2D eigenvalue weighted by molar-refractivity contribution is -0.142. The minimum absolute atomic E-state index is 0.0580. The molecule has 0 saturated carbocycles. The Labute approximate surface area is 111 Å². The molecule has 0 fully saturated rings. The van der Waals surface area contributed by atoms with Crippen molar-refractivity contribution in [1.29, 1.82) is 0 Å². The van der Waals surface area contributed by atoms with E-state index in [1.165, 1.54) is 28.2 Å². The fourth-order valence-electron chi connectivity index (χ4n) is 1.42. The first-order chi connectivity index (χ1) is 9.10. The third kappa shape index (κ3) is 3.16. The van der Waals surface area contributed by atoms with Gasteiger partial charge in [0.15, 0.2) is 5.13 Å². The first kappa shape index (κ1) is 13.2. The molecule has 2 rings (SSSR count). The van der Waals surface area contributed by atoms with Gasteiger partial charge in [0.2, 0.25) is 0 Å². The number of ether oxygens (including phenoxy) is 1. The molecular weight excluding hydrogens is 270 g/mol. The van der Waals surface area contributed by atoms with E-state index in [0.717, 1.165) is 0 Å². The van der Waals surface area contributed by atoms with Crippen LogP contribution in [0.25, 0.3) is 5.13 Å². The van der Waals surface area contributed by atoms with E-state index in [4.69, 9.17) is 4.74 Å². The molecule has 0 radical (unpaired) electrons. The van der Waals surface area contributed by atoms with Crippen molar-refractivity contribution in [3.8, 4) is 5.13 Å². The van der Waals surface area contributed by atoms with Gasteiger partial charge < -0.3 is 4.74 Å². The second kappa shape index (κ2) is 5.61.